The SMILES string of the molecule is O=C(CCc1nc(-c2ccccc2)c(-c2ccccc2)o1)NCCSc1ccccc1. The first-order valence-corrected chi connectivity index (χ1v) is 11.3. The molecule has 1 heterocycles. The van der Waals surface area contributed by atoms with Gasteiger partial charge in [0.15, 0.2) is 11.7 Å². The highest BCUT2D eigenvalue weighted by molar-refractivity contribution is 7.99. The van der Waals surface area contributed by atoms with Gasteiger partial charge in [0.25, 0.3) is 0 Å². The van der Waals surface area contributed by atoms with Gasteiger partial charge in [-0.2, -0.15) is 0 Å². The Bertz CT molecular complexity index is 1040. The molecule has 156 valence electrons. The first-order valence-electron chi connectivity index (χ1n) is 10.3. The lowest BCUT2D eigenvalue weighted by Crippen LogP contribution is -2.25. The molecule has 0 atom stereocenters. The van der Waals surface area contributed by atoms with E-state index in [1.807, 2.05) is 78.9 Å². The topological polar surface area (TPSA) is 55.1 Å². The summed E-state index contributed by atoms with van der Waals surface area (Å²) < 4.78 is 6.09. The molecule has 0 saturated heterocycles. The van der Waals surface area contributed by atoms with Crippen molar-refractivity contribution >= 4 is 17.7 Å². The van der Waals surface area contributed by atoms with Gasteiger partial charge >= 0.3 is 0 Å². The number of rotatable bonds is 9. The number of amides is 1. The van der Waals surface area contributed by atoms with Crippen LogP contribution in [0.1, 0.15) is 12.3 Å². The van der Waals surface area contributed by atoms with Gasteiger partial charge in [-0.15, -0.1) is 11.8 Å². The first kappa shape index (κ1) is 20.9. The van der Waals surface area contributed by atoms with Crippen LogP contribution in [0.5, 0.6) is 0 Å². The number of nitrogens with zero attached hydrogens (tertiary/aromatic N) is 1. The summed E-state index contributed by atoms with van der Waals surface area (Å²) >= 11 is 1.73. The predicted octanol–water partition coefficient (Wildman–Crippen LogP) is 5.85. The van der Waals surface area contributed by atoms with E-state index in [0.717, 1.165) is 28.3 Å². The number of thioether (sulfide) groups is 1. The fourth-order valence-corrected chi connectivity index (χ4v) is 4.02. The van der Waals surface area contributed by atoms with Gasteiger partial charge in [-0.25, -0.2) is 4.98 Å². The Labute approximate surface area is 186 Å². The summed E-state index contributed by atoms with van der Waals surface area (Å²) in [5.41, 5.74) is 2.78. The van der Waals surface area contributed by atoms with Crippen molar-refractivity contribution in [2.24, 2.45) is 0 Å². The van der Waals surface area contributed by atoms with Crippen LogP contribution >= 0.6 is 11.8 Å². The Morgan fingerprint density at radius 2 is 1.45 bits per heavy atom. The van der Waals surface area contributed by atoms with E-state index >= 15 is 0 Å². The molecule has 0 aliphatic heterocycles. The molecule has 0 unspecified atom stereocenters. The van der Waals surface area contributed by atoms with Gasteiger partial charge < -0.3 is 9.73 Å². The summed E-state index contributed by atoms with van der Waals surface area (Å²) in [7, 11) is 0. The molecule has 1 amide bonds. The van der Waals surface area contributed by atoms with E-state index in [4.69, 9.17) is 9.40 Å². The number of nitrogens with one attached hydrogen (secondary N) is 1. The van der Waals surface area contributed by atoms with Crippen LogP contribution in [-0.2, 0) is 11.2 Å². The second-order valence-corrected chi connectivity index (χ2v) is 8.20. The van der Waals surface area contributed by atoms with Gasteiger partial charge in [-0.3, -0.25) is 4.79 Å². The van der Waals surface area contributed by atoms with Crippen LogP contribution in [0.15, 0.2) is 100 Å². The molecular formula is C26H24N2O2S. The van der Waals surface area contributed by atoms with Gasteiger partial charge in [0.05, 0.1) is 0 Å². The molecule has 4 nitrogen and oxygen atoms in total. The summed E-state index contributed by atoms with van der Waals surface area (Å²) in [5.74, 6) is 2.16. The third-order valence-corrected chi connectivity index (χ3v) is 5.77. The molecule has 0 aliphatic rings. The molecule has 5 heteroatoms. The smallest absolute Gasteiger partial charge is 0.220 e. The quantitative estimate of drug-likeness (QED) is 0.268. The molecule has 0 saturated carbocycles. The minimum atomic E-state index is 0.00869. The van der Waals surface area contributed by atoms with E-state index in [9.17, 15) is 4.79 Å². The Hall–Kier alpha value is -3.31. The van der Waals surface area contributed by atoms with E-state index in [0.29, 0.717) is 25.3 Å². The average Bonchev–Trinajstić information content (AvgIpc) is 3.27. The standard InChI is InChI=1S/C26H24N2O2S/c29-23(27-18-19-31-22-14-8-3-9-15-22)16-17-24-28-25(20-10-4-1-5-11-20)26(30-24)21-12-6-2-7-13-21/h1-15H,16-19H2,(H,27,29). The molecule has 4 aromatic rings. The van der Waals surface area contributed by atoms with E-state index in [-0.39, 0.29) is 5.91 Å². The maximum Gasteiger partial charge on any atom is 0.220 e. The molecule has 1 N–H and O–H groups in total. The third-order valence-electron chi connectivity index (χ3n) is 4.76. The minimum Gasteiger partial charge on any atom is -0.440 e. The highest BCUT2D eigenvalue weighted by Gasteiger charge is 2.17. The van der Waals surface area contributed by atoms with Crippen LogP contribution < -0.4 is 5.32 Å². The normalized spacial score (nSPS) is 10.7. The van der Waals surface area contributed by atoms with E-state index in [2.05, 4.69) is 17.4 Å². The highest BCUT2D eigenvalue weighted by atomic mass is 32.2. The first-order chi connectivity index (χ1) is 15.3. The number of oxazole rings is 1. The van der Waals surface area contributed by atoms with Gasteiger partial charge in [0, 0.05) is 41.2 Å². The number of benzene rings is 3. The molecule has 0 aliphatic carbocycles. The maximum atomic E-state index is 12.3. The van der Waals surface area contributed by atoms with Crippen LogP contribution in [0.2, 0.25) is 0 Å². The minimum absolute atomic E-state index is 0.00869. The molecule has 4 rings (SSSR count). The second-order valence-electron chi connectivity index (χ2n) is 7.03. The number of hydrogen-bond acceptors (Lipinski definition) is 4. The molecule has 0 spiro atoms. The zero-order valence-electron chi connectivity index (χ0n) is 17.2. The fraction of sp³-hybridized carbons (Fsp3) is 0.154. The second kappa shape index (κ2) is 10.6. The lowest BCUT2D eigenvalue weighted by molar-refractivity contribution is -0.121. The van der Waals surface area contributed by atoms with Crippen LogP contribution in [0.25, 0.3) is 22.6 Å². The summed E-state index contributed by atoms with van der Waals surface area (Å²) in [6.45, 7) is 0.633. The summed E-state index contributed by atoms with van der Waals surface area (Å²) in [5, 5.41) is 2.98. The molecule has 3 aromatic carbocycles. The van der Waals surface area contributed by atoms with Gasteiger partial charge in [-0.05, 0) is 12.1 Å². The lowest BCUT2D eigenvalue weighted by Gasteiger charge is -2.04. The van der Waals surface area contributed by atoms with Crippen molar-refractivity contribution in [2.45, 2.75) is 17.7 Å². The highest BCUT2D eigenvalue weighted by Crippen LogP contribution is 2.32. The zero-order chi connectivity index (χ0) is 21.3. The molecule has 1 aromatic heterocycles. The van der Waals surface area contributed by atoms with Gasteiger partial charge in [-0.1, -0.05) is 78.9 Å². The van der Waals surface area contributed by atoms with Crippen molar-refractivity contribution in [3.63, 3.8) is 0 Å². The van der Waals surface area contributed by atoms with Crippen molar-refractivity contribution in [1.29, 1.82) is 0 Å². The van der Waals surface area contributed by atoms with E-state index in [1.54, 1.807) is 11.8 Å². The molecule has 31 heavy (non-hydrogen) atoms. The Morgan fingerprint density at radius 3 is 2.13 bits per heavy atom. The van der Waals surface area contributed by atoms with Gasteiger partial charge in [0.2, 0.25) is 5.91 Å². The van der Waals surface area contributed by atoms with Crippen molar-refractivity contribution < 1.29 is 9.21 Å². The van der Waals surface area contributed by atoms with E-state index < -0.39 is 0 Å². The van der Waals surface area contributed by atoms with Crippen molar-refractivity contribution in [3.8, 4) is 22.6 Å². The van der Waals surface area contributed by atoms with Crippen molar-refractivity contribution in [3.05, 3.63) is 96.9 Å². The number of aromatic nitrogens is 1. The summed E-state index contributed by atoms with van der Waals surface area (Å²) in [6.07, 6.45) is 0.809. The Balaban J connectivity index is 1.36. The van der Waals surface area contributed by atoms with Crippen molar-refractivity contribution in [1.82, 2.24) is 10.3 Å². The summed E-state index contributed by atoms with van der Waals surface area (Å²) in [4.78, 5) is 18.2. The number of carbonyl (C=O) groups is 1. The number of carbonyl (C=O) groups excluding carboxylic acids is 1. The molecule has 0 radical (unpaired) electrons. The Kier molecular flexibility index (Phi) is 7.19. The molecule has 0 fully saturated rings. The zero-order valence-corrected chi connectivity index (χ0v) is 18.0. The van der Waals surface area contributed by atoms with Gasteiger partial charge in [0.1, 0.15) is 5.69 Å². The lowest BCUT2D eigenvalue weighted by atomic mass is 10.1. The van der Waals surface area contributed by atoms with E-state index in [1.165, 1.54) is 4.90 Å². The van der Waals surface area contributed by atoms with Crippen molar-refractivity contribution in [2.75, 3.05) is 12.3 Å². The average molecular weight is 429 g/mol. The number of hydrogen-bond donors (Lipinski definition) is 1. The fourth-order valence-electron chi connectivity index (χ4n) is 3.23. The summed E-state index contributed by atoms with van der Waals surface area (Å²) in [6, 6.07) is 30.1. The Morgan fingerprint density at radius 1 is 0.839 bits per heavy atom. The van der Waals surface area contributed by atoms with Crippen LogP contribution in [0, 0.1) is 0 Å². The molecule has 0 bridgehead atoms. The monoisotopic (exact) mass is 428 g/mol. The number of aryl methyl sites for hydroxylation is 1. The largest absolute Gasteiger partial charge is 0.440 e. The predicted molar refractivity (Wildman–Crippen MR) is 126 cm³/mol. The van der Waals surface area contributed by atoms with Crippen LogP contribution in [0.4, 0.5) is 0 Å². The van der Waals surface area contributed by atoms with Crippen LogP contribution in [0.3, 0.4) is 0 Å². The molecular weight excluding hydrogens is 404 g/mol. The maximum absolute atomic E-state index is 12.3. The third kappa shape index (κ3) is 5.86. The van der Waals surface area contributed by atoms with Crippen LogP contribution in [-0.4, -0.2) is 23.2 Å².